The summed E-state index contributed by atoms with van der Waals surface area (Å²) in [5.74, 6) is -6.06. The number of amides is 2. The molecule has 0 aliphatic carbocycles. The standard InChI is InChI=1S/C19H19F3N2O2/c1-10-6-5-7-13(11(10)2)23-17(25)19(3,4)18(26)24-14-9-8-12(20)15(21)16(14)22/h5-9H,1-4H3,(H,23,25)(H,24,26). The summed E-state index contributed by atoms with van der Waals surface area (Å²) >= 11 is 0. The molecule has 0 saturated heterocycles. The van der Waals surface area contributed by atoms with Gasteiger partial charge in [0.2, 0.25) is 11.8 Å². The first kappa shape index (κ1) is 19.5. The van der Waals surface area contributed by atoms with Crippen molar-refractivity contribution in [2.45, 2.75) is 27.7 Å². The Kier molecular flexibility index (Phi) is 5.39. The van der Waals surface area contributed by atoms with Crippen LogP contribution >= 0.6 is 0 Å². The largest absolute Gasteiger partial charge is 0.325 e. The molecule has 2 aromatic rings. The fourth-order valence-corrected chi connectivity index (χ4v) is 2.17. The predicted molar refractivity (Wildman–Crippen MR) is 93.3 cm³/mol. The number of nitrogens with one attached hydrogen (secondary N) is 2. The van der Waals surface area contributed by atoms with E-state index >= 15 is 0 Å². The lowest BCUT2D eigenvalue weighted by atomic mass is 9.90. The Bertz CT molecular complexity index is 879. The van der Waals surface area contributed by atoms with Crippen molar-refractivity contribution in [3.8, 4) is 0 Å². The molecule has 7 heteroatoms. The van der Waals surface area contributed by atoms with Crippen LogP contribution in [0.3, 0.4) is 0 Å². The minimum Gasteiger partial charge on any atom is -0.325 e. The third kappa shape index (κ3) is 3.71. The second-order valence-corrected chi connectivity index (χ2v) is 6.50. The van der Waals surface area contributed by atoms with Crippen LogP contribution in [0.15, 0.2) is 30.3 Å². The lowest BCUT2D eigenvalue weighted by Gasteiger charge is -2.23. The van der Waals surface area contributed by atoms with Gasteiger partial charge in [0.05, 0.1) is 5.69 Å². The van der Waals surface area contributed by atoms with Crippen LogP contribution in [-0.2, 0) is 9.59 Å². The number of anilines is 2. The number of carbonyl (C=O) groups is 2. The van der Waals surface area contributed by atoms with Gasteiger partial charge in [0.15, 0.2) is 17.5 Å². The summed E-state index contributed by atoms with van der Waals surface area (Å²) in [5, 5.41) is 4.80. The maximum absolute atomic E-state index is 13.7. The first-order valence-electron chi connectivity index (χ1n) is 7.88. The van der Waals surface area contributed by atoms with Gasteiger partial charge in [-0.25, -0.2) is 13.2 Å². The van der Waals surface area contributed by atoms with Gasteiger partial charge < -0.3 is 10.6 Å². The first-order chi connectivity index (χ1) is 12.1. The van der Waals surface area contributed by atoms with E-state index in [1.807, 2.05) is 19.9 Å². The van der Waals surface area contributed by atoms with Crippen LogP contribution in [0.25, 0.3) is 0 Å². The number of benzene rings is 2. The highest BCUT2D eigenvalue weighted by molar-refractivity contribution is 6.14. The summed E-state index contributed by atoms with van der Waals surface area (Å²) in [7, 11) is 0. The van der Waals surface area contributed by atoms with Crippen LogP contribution in [-0.4, -0.2) is 11.8 Å². The lowest BCUT2D eigenvalue weighted by Crippen LogP contribution is -2.42. The molecule has 0 saturated carbocycles. The van der Waals surface area contributed by atoms with Gasteiger partial charge in [0.25, 0.3) is 0 Å². The number of aryl methyl sites for hydroxylation is 1. The first-order valence-corrected chi connectivity index (χ1v) is 7.88. The van der Waals surface area contributed by atoms with Gasteiger partial charge in [-0.05, 0) is 57.0 Å². The van der Waals surface area contributed by atoms with Gasteiger partial charge in [0.1, 0.15) is 5.41 Å². The summed E-state index contributed by atoms with van der Waals surface area (Å²) in [4.78, 5) is 24.9. The zero-order valence-electron chi connectivity index (χ0n) is 14.8. The van der Waals surface area contributed by atoms with Crippen LogP contribution in [0.1, 0.15) is 25.0 Å². The van der Waals surface area contributed by atoms with E-state index in [1.54, 1.807) is 12.1 Å². The van der Waals surface area contributed by atoms with E-state index in [0.717, 1.165) is 17.2 Å². The smallest absolute Gasteiger partial charge is 0.239 e. The summed E-state index contributed by atoms with van der Waals surface area (Å²) < 4.78 is 40.0. The molecule has 2 amide bonds. The van der Waals surface area contributed by atoms with E-state index in [1.165, 1.54) is 13.8 Å². The van der Waals surface area contributed by atoms with Gasteiger partial charge in [-0.3, -0.25) is 9.59 Å². The van der Waals surface area contributed by atoms with Gasteiger partial charge in [0, 0.05) is 5.69 Å². The topological polar surface area (TPSA) is 58.2 Å². The molecular weight excluding hydrogens is 345 g/mol. The molecule has 0 heterocycles. The Hall–Kier alpha value is -2.83. The van der Waals surface area contributed by atoms with Crippen molar-refractivity contribution in [2.75, 3.05) is 10.6 Å². The number of hydrogen-bond donors (Lipinski definition) is 2. The normalized spacial score (nSPS) is 11.2. The van der Waals surface area contributed by atoms with E-state index < -0.39 is 40.4 Å². The molecule has 0 atom stereocenters. The summed E-state index contributed by atoms with van der Waals surface area (Å²) in [6.45, 7) is 6.41. The van der Waals surface area contributed by atoms with Crippen LogP contribution < -0.4 is 10.6 Å². The average molecular weight is 364 g/mol. The third-order valence-corrected chi connectivity index (χ3v) is 4.27. The molecule has 0 aliphatic heterocycles. The SMILES string of the molecule is Cc1cccc(NC(=O)C(C)(C)C(=O)Nc2ccc(F)c(F)c2F)c1C. The molecule has 0 radical (unpaired) electrons. The molecule has 0 fully saturated rings. The van der Waals surface area contributed by atoms with E-state index in [9.17, 15) is 22.8 Å². The molecule has 2 aromatic carbocycles. The molecule has 4 nitrogen and oxygen atoms in total. The molecule has 0 aliphatic rings. The highest BCUT2D eigenvalue weighted by Gasteiger charge is 2.37. The number of rotatable bonds is 4. The maximum atomic E-state index is 13.7. The maximum Gasteiger partial charge on any atom is 0.239 e. The molecule has 26 heavy (non-hydrogen) atoms. The van der Waals surface area contributed by atoms with Crippen LogP contribution in [0, 0.1) is 36.7 Å². The van der Waals surface area contributed by atoms with E-state index in [4.69, 9.17) is 0 Å². The average Bonchev–Trinajstić information content (AvgIpc) is 2.59. The molecular formula is C19H19F3N2O2. The lowest BCUT2D eigenvalue weighted by molar-refractivity contribution is -0.135. The zero-order chi connectivity index (χ0) is 19.6. The second-order valence-electron chi connectivity index (χ2n) is 6.50. The Morgan fingerprint density at radius 2 is 1.42 bits per heavy atom. The zero-order valence-corrected chi connectivity index (χ0v) is 14.8. The van der Waals surface area contributed by atoms with Crippen molar-refractivity contribution in [1.29, 1.82) is 0 Å². The van der Waals surface area contributed by atoms with E-state index in [-0.39, 0.29) is 0 Å². The van der Waals surface area contributed by atoms with Crippen molar-refractivity contribution in [2.24, 2.45) is 5.41 Å². The Balaban J connectivity index is 2.20. The van der Waals surface area contributed by atoms with Crippen molar-refractivity contribution in [1.82, 2.24) is 0 Å². The van der Waals surface area contributed by atoms with Crippen LogP contribution in [0.4, 0.5) is 24.5 Å². The molecule has 0 unspecified atom stereocenters. The van der Waals surface area contributed by atoms with Gasteiger partial charge in [-0.15, -0.1) is 0 Å². The highest BCUT2D eigenvalue weighted by Crippen LogP contribution is 2.26. The fraction of sp³-hybridized carbons (Fsp3) is 0.263. The minimum absolute atomic E-state index is 0.540. The highest BCUT2D eigenvalue weighted by atomic mass is 19.2. The van der Waals surface area contributed by atoms with Crippen LogP contribution in [0.2, 0.25) is 0 Å². The van der Waals surface area contributed by atoms with Crippen molar-refractivity contribution in [3.63, 3.8) is 0 Å². The Morgan fingerprint density at radius 1 is 0.846 bits per heavy atom. The van der Waals surface area contributed by atoms with Crippen molar-refractivity contribution in [3.05, 3.63) is 58.9 Å². The molecule has 138 valence electrons. The van der Waals surface area contributed by atoms with Crippen molar-refractivity contribution < 1.29 is 22.8 Å². The van der Waals surface area contributed by atoms with E-state index in [0.29, 0.717) is 11.8 Å². The second kappa shape index (κ2) is 7.19. The quantitative estimate of drug-likeness (QED) is 0.627. The van der Waals surface area contributed by atoms with Crippen LogP contribution in [0.5, 0.6) is 0 Å². The number of halogens is 3. The fourth-order valence-electron chi connectivity index (χ4n) is 2.17. The minimum atomic E-state index is -1.69. The summed E-state index contributed by atoms with van der Waals surface area (Å²) in [5.41, 5.74) is 0.238. The molecule has 2 rings (SSSR count). The monoisotopic (exact) mass is 364 g/mol. The van der Waals surface area contributed by atoms with E-state index in [2.05, 4.69) is 10.6 Å². The van der Waals surface area contributed by atoms with Gasteiger partial charge in [-0.2, -0.15) is 0 Å². The molecule has 0 aromatic heterocycles. The third-order valence-electron chi connectivity index (χ3n) is 4.27. The van der Waals surface area contributed by atoms with Gasteiger partial charge >= 0.3 is 0 Å². The number of hydrogen-bond acceptors (Lipinski definition) is 2. The van der Waals surface area contributed by atoms with Gasteiger partial charge in [-0.1, -0.05) is 12.1 Å². The Labute approximate surface area is 149 Å². The summed E-state index contributed by atoms with van der Waals surface area (Å²) in [6, 6.07) is 6.93. The molecule has 0 bridgehead atoms. The molecule has 2 N–H and O–H groups in total. The number of carbonyl (C=O) groups excluding carboxylic acids is 2. The summed E-state index contributed by atoms with van der Waals surface area (Å²) in [6.07, 6.45) is 0. The predicted octanol–water partition coefficient (Wildman–Crippen LogP) is 4.32. The van der Waals surface area contributed by atoms with Crippen molar-refractivity contribution >= 4 is 23.2 Å². The molecule has 0 spiro atoms. The Morgan fingerprint density at radius 3 is 2.04 bits per heavy atom.